The first kappa shape index (κ1) is 16.8. The standard InChI is InChI=1S/C19H21N5O/c1-4-24(13(2)17-6-5-11-20-12-17)19(25)16-9-7-15(8-10-16)18-21-14(3)22-23-18/h5-13H,4H2,1-3H3,(H,21,22,23). The highest BCUT2D eigenvalue weighted by molar-refractivity contribution is 5.94. The van der Waals surface area contributed by atoms with Gasteiger partial charge in [-0.2, -0.15) is 5.10 Å². The van der Waals surface area contributed by atoms with Crippen LogP contribution in [0.2, 0.25) is 0 Å². The van der Waals surface area contributed by atoms with Crippen LogP contribution < -0.4 is 0 Å². The minimum absolute atomic E-state index is 0.00318. The molecule has 0 aliphatic carbocycles. The minimum Gasteiger partial charge on any atom is -0.332 e. The predicted octanol–water partition coefficient (Wildman–Crippen LogP) is 3.40. The van der Waals surface area contributed by atoms with Gasteiger partial charge < -0.3 is 4.90 Å². The van der Waals surface area contributed by atoms with Gasteiger partial charge in [-0.05, 0) is 44.5 Å². The number of amides is 1. The highest BCUT2D eigenvalue weighted by Gasteiger charge is 2.21. The Labute approximate surface area is 146 Å². The van der Waals surface area contributed by atoms with Gasteiger partial charge in [-0.25, -0.2) is 4.98 Å². The lowest BCUT2D eigenvalue weighted by Crippen LogP contribution is -2.33. The molecule has 2 heterocycles. The fourth-order valence-corrected chi connectivity index (χ4v) is 2.80. The Bertz CT molecular complexity index is 842. The number of hydrogen-bond donors (Lipinski definition) is 1. The van der Waals surface area contributed by atoms with Gasteiger partial charge in [0.25, 0.3) is 5.91 Å². The van der Waals surface area contributed by atoms with E-state index in [1.807, 2.05) is 62.1 Å². The van der Waals surface area contributed by atoms with E-state index >= 15 is 0 Å². The molecule has 1 unspecified atom stereocenters. The zero-order valence-corrected chi connectivity index (χ0v) is 14.6. The van der Waals surface area contributed by atoms with Gasteiger partial charge in [-0.3, -0.25) is 14.9 Å². The second-order valence-electron chi connectivity index (χ2n) is 5.88. The van der Waals surface area contributed by atoms with Crippen molar-refractivity contribution in [2.45, 2.75) is 26.8 Å². The van der Waals surface area contributed by atoms with Crippen LogP contribution in [0.3, 0.4) is 0 Å². The number of carbonyl (C=O) groups is 1. The summed E-state index contributed by atoms with van der Waals surface area (Å²) in [6, 6.07) is 11.2. The highest BCUT2D eigenvalue weighted by atomic mass is 16.2. The summed E-state index contributed by atoms with van der Waals surface area (Å²) in [5.74, 6) is 1.39. The lowest BCUT2D eigenvalue weighted by atomic mass is 10.1. The molecule has 3 aromatic rings. The van der Waals surface area contributed by atoms with Crippen molar-refractivity contribution in [2.75, 3.05) is 6.54 Å². The quantitative estimate of drug-likeness (QED) is 0.775. The Morgan fingerprint density at radius 1 is 1.24 bits per heavy atom. The second-order valence-corrected chi connectivity index (χ2v) is 5.88. The number of hydrogen-bond acceptors (Lipinski definition) is 4. The monoisotopic (exact) mass is 335 g/mol. The number of aryl methyl sites for hydroxylation is 1. The van der Waals surface area contributed by atoms with E-state index in [2.05, 4.69) is 20.2 Å². The van der Waals surface area contributed by atoms with E-state index in [9.17, 15) is 4.79 Å². The Hall–Kier alpha value is -3.02. The van der Waals surface area contributed by atoms with Gasteiger partial charge in [0.2, 0.25) is 0 Å². The second kappa shape index (κ2) is 7.25. The van der Waals surface area contributed by atoms with Crippen molar-refractivity contribution in [1.29, 1.82) is 0 Å². The Morgan fingerprint density at radius 3 is 2.56 bits per heavy atom. The van der Waals surface area contributed by atoms with Crippen LogP contribution in [-0.4, -0.2) is 37.5 Å². The molecule has 0 saturated carbocycles. The first-order valence-electron chi connectivity index (χ1n) is 8.30. The van der Waals surface area contributed by atoms with Gasteiger partial charge in [0.05, 0.1) is 6.04 Å². The zero-order chi connectivity index (χ0) is 17.8. The molecule has 6 heteroatoms. The molecule has 1 N–H and O–H groups in total. The molecule has 25 heavy (non-hydrogen) atoms. The van der Waals surface area contributed by atoms with Crippen LogP contribution >= 0.6 is 0 Å². The first-order valence-corrected chi connectivity index (χ1v) is 8.30. The van der Waals surface area contributed by atoms with Gasteiger partial charge >= 0.3 is 0 Å². The summed E-state index contributed by atoms with van der Waals surface area (Å²) in [5.41, 5.74) is 2.54. The van der Waals surface area contributed by atoms with E-state index in [0.717, 1.165) is 17.0 Å². The molecular formula is C19H21N5O. The summed E-state index contributed by atoms with van der Waals surface area (Å²) in [6.07, 6.45) is 3.53. The molecule has 1 aromatic carbocycles. The fourth-order valence-electron chi connectivity index (χ4n) is 2.80. The summed E-state index contributed by atoms with van der Waals surface area (Å²) in [5, 5.41) is 6.96. The average Bonchev–Trinajstić information content (AvgIpc) is 3.09. The number of nitrogens with one attached hydrogen (secondary N) is 1. The average molecular weight is 335 g/mol. The molecule has 1 amide bonds. The first-order chi connectivity index (χ1) is 12.1. The van der Waals surface area contributed by atoms with Crippen molar-refractivity contribution in [2.24, 2.45) is 0 Å². The van der Waals surface area contributed by atoms with Crippen molar-refractivity contribution in [3.05, 3.63) is 65.7 Å². The number of benzene rings is 1. The summed E-state index contributed by atoms with van der Waals surface area (Å²) in [7, 11) is 0. The van der Waals surface area contributed by atoms with Crippen molar-refractivity contribution in [3.8, 4) is 11.4 Å². The van der Waals surface area contributed by atoms with E-state index in [1.54, 1.807) is 12.4 Å². The molecule has 0 bridgehead atoms. The maximum absolute atomic E-state index is 12.9. The molecule has 0 aliphatic rings. The van der Waals surface area contributed by atoms with E-state index in [0.29, 0.717) is 17.9 Å². The number of rotatable bonds is 5. The maximum atomic E-state index is 12.9. The molecule has 0 saturated heterocycles. The topological polar surface area (TPSA) is 74.8 Å². The molecule has 2 aromatic heterocycles. The molecule has 128 valence electrons. The minimum atomic E-state index is -0.0402. The van der Waals surface area contributed by atoms with Crippen LogP contribution in [0, 0.1) is 6.92 Å². The van der Waals surface area contributed by atoms with Gasteiger partial charge in [0.15, 0.2) is 5.82 Å². The molecule has 0 radical (unpaired) electrons. The van der Waals surface area contributed by atoms with Crippen LogP contribution in [0.25, 0.3) is 11.4 Å². The van der Waals surface area contributed by atoms with E-state index in [-0.39, 0.29) is 11.9 Å². The van der Waals surface area contributed by atoms with E-state index in [4.69, 9.17) is 0 Å². The van der Waals surface area contributed by atoms with E-state index < -0.39 is 0 Å². The number of carbonyl (C=O) groups excluding carboxylic acids is 1. The fraction of sp³-hybridized carbons (Fsp3) is 0.263. The predicted molar refractivity (Wildman–Crippen MR) is 95.9 cm³/mol. The van der Waals surface area contributed by atoms with Crippen LogP contribution in [-0.2, 0) is 0 Å². The SMILES string of the molecule is CCN(C(=O)c1ccc(-c2n[nH]c(C)n2)cc1)C(C)c1cccnc1. The largest absolute Gasteiger partial charge is 0.332 e. The van der Waals surface area contributed by atoms with Crippen LogP contribution in [0.4, 0.5) is 0 Å². The molecule has 3 rings (SSSR count). The lowest BCUT2D eigenvalue weighted by Gasteiger charge is -2.28. The smallest absolute Gasteiger partial charge is 0.254 e. The molecule has 0 spiro atoms. The molecule has 0 aliphatic heterocycles. The number of aromatic amines is 1. The molecule has 1 atom stereocenters. The van der Waals surface area contributed by atoms with Gasteiger partial charge in [0.1, 0.15) is 5.82 Å². The summed E-state index contributed by atoms with van der Waals surface area (Å²) < 4.78 is 0. The Morgan fingerprint density at radius 2 is 2.00 bits per heavy atom. The third-order valence-corrected chi connectivity index (χ3v) is 4.22. The van der Waals surface area contributed by atoms with Crippen LogP contribution in [0.15, 0.2) is 48.8 Å². The summed E-state index contributed by atoms with van der Waals surface area (Å²) in [4.78, 5) is 23.2. The highest BCUT2D eigenvalue weighted by Crippen LogP contribution is 2.22. The Balaban J connectivity index is 1.81. The normalized spacial score (nSPS) is 12.0. The summed E-state index contributed by atoms with van der Waals surface area (Å²) >= 11 is 0. The van der Waals surface area contributed by atoms with Crippen molar-refractivity contribution < 1.29 is 4.79 Å². The van der Waals surface area contributed by atoms with Gasteiger partial charge in [0, 0.05) is 30.1 Å². The molecule has 0 fully saturated rings. The summed E-state index contributed by atoms with van der Waals surface area (Å²) in [6.45, 7) is 6.48. The van der Waals surface area contributed by atoms with Crippen LogP contribution in [0.1, 0.15) is 41.6 Å². The van der Waals surface area contributed by atoms with Gasteiger partial charge in [-0.1, -0.05) is 18.2 Å². The van der Waals surface area contributed by atoms with Crippen LogP contribution in [0.5, 0.6) is 0 Å². The maximum Gasteiger partial charge on any atom is 0.254 e. The zero-order valence-electron chi connectivity index (χ0n) is 14.6. The number of aromatic nitrogens is 4. The molecule has 6 nitrogen and oxygen atoms in total. The van der Waals surface area contributed by atoms with Gasteiger partial charge in [-0.15, -0.1) is 0 Å². The lowest BCUT2D eigenvalue weighted by molar-refractivity contribution is 0.0702. The Kier molecular flexibility index (Phi) is 4.88. The molecular weight excluding hydrogens is 314 g/mol. The number of pyridine rings is 1. The van der Waals surface area contributed by atoms with Crippen molar-refractivity contribution >= 4 is 5.91 Å². The number of nitrogens with zero attached hydrogens (tertiary/aromatic N) is 4. The van der Waals surface area contributed by atoms with Crippen molar-refractivity contribution in [3.63, 3.8) is 0 Å². The van der Waals surface area contributed by atoms with Crippen molar-refractivity contribution in [1.82, 2.24) is 25.1 Å². The third kappa shape index (κ3) is 3.57. The number of H-pyrrole nitrogens is 1. The third-order valence-electron chi connectivity index (χ3n) is 4.22. The van der Waals surface area contributed by atoms with E-state index in [1.165, 1.54) is 0 Å².